The summed E-state index contributed by atoms with van der Waals surface area (Å²) in [4.78, 5) is 11.5. The van der Waals surface area contributed by atoms with Crippen molar-refractivity contribution in [3.8, 4) is 0 Å². The fraction of sp³-hybridized carbons (Fsp3) is 0.750. The number of amides is 1. The summed E-state index contributed by atoms with van der Waals surface area (Å²) in [5.41, 5.74) is 0. The average molecular weight is 227 g/mol. The van der Waals surface area contributed by atoms with Crippen molar-refractivity contribution in [2.24, 2.45) is 0 Å². The van der Waals surface area contributed by atoms with Crippen molar-refractivity contribution < 1.29 is 4.79 Å². The highest BCUT2D eigenvalue weighted by Gasteiger charge is 2.14. The molecule has 1 aliphatic rings. The number of hydrogen-bond acceptors (Lipinski definition) is 2. The molecule has 0 radical (unpaired) electrons. The van der Waals surface area contributed by atoms with E-state index >= 15 is 0 Å². The molecule has 0 aromatic heterocycles. The third kappa shape index (κ3) is 5.88. The Balaban J connectivity index is 2.06. The first-order chi connectivity index (χ1) is 7.33. The Morgan fingerprint density at radius 1 is 1.40 bits per heavy atom. The van der Waals surface area contributed by atoms with Crippen LogP contribution in [0.3, 0.4) is 0 Å². The molecule has 0 spiro atoms. The van der Waals surface area contributed by atoms with Gasteiger partial charge in [-0.3, -0.25) is 4.79 Å². The third-order valence-corrected chi connectivity index (χ3v) is 3.55. The van der Waals surface area contributed by atoms with E-state index in [0.717, 1.165) is 5.75 Å². The van der Waals surface area contributed by atoms with Gasteiger partial charge in [-0.05, 0) is 19.8 Å². The molecule has 1 fully saturated rings. The van der Waals surface area contributed by atoms with Crippen LogP contribution in [0.1, 0.15) is 39.0 Å². The van der Waals surface area contributed by atoms with E-state index in [2.05, 4.69) is 11.4 Å². The lowest BCUT2D eigenvalue weighted by molar-refractivity contribution is -0.119. The zero-order chi connectivity index (χ0) is 10.9. The number of rotatable bonds is 5. The van der Waals surface area contributed by atoms with Crippen LogP contribution in [-0.2, 0) is 4.79 Å². The Morgan fingerprint density at radius 3 is 2.80 bits per heavy atom. The summed E-state index contributed by atoms with van der Waals surface area (Å²) in [5, 5.41) is 3.11. The summed E-state index contributed by atoms with van der Waals surface area (Å²) in [7, 11) is 0. The van der Waals surface area contributed by atoms with Gasteiger partial charge in [0.1, 0.15) is 0 Å². The molecule has 1 aliphatic carbocycles. The molecule has 0 aromatic carbocycles. The maximum Gasteiger partial charge on any atom is 0.230 e. The van der Waals surface area contributed by atoms with Gasteiger partial charge in [0.15, 0.2) is 0 Å². The van der Waals surface area contributed by atoms with Crippen molar-refractivity contribution in [3.05, 3.63) is 12.2 Å². The number of nitrogens with one attached hydrogen (secondary N) is 1. The summed E-state index contributed by atoms with van der Waals surface area (Å²) in [6, 6.07) is 0.452. The van der Waals surface area contributed by atoms with E-state index < -0.39 is 0 Å². The maximum atomic E-state index is 11.5. The standard InChI is InChI=1S/C12H21NOS/c1-2-3-9-15-10-12(14)13-11-7-5-4-6-8-11/h2-3,11H,4-10H2,1H3,(H,13,14). The molecule has 0 bridgehead atoms. The molecule has 0 saturated heterocycles. The van der Waals surface area contributed by atoms with Gasteiger partial charge in [0.2, 0.25) is 5.91 Å². The van der Waals surface area contributed by atoms with Gasteiger partial charge in [0.25, 0.3) is 0 Å². The monoisotopic (exact) mass is 227 g/mol. The summed E-state index contributed by atoms with van der Waals surface area (Å²) in [5.74, 6) is 1.74. The number of hydrogen-bond donors (Lipinski definition) is 1. The average Bonchev–Trinajstić information content (AvgIpc) is 2.26. The largest absolute Gasteiger partial charge is 0.353 e. The van der Waals surface area contributed by atoms with Crippen LogP contribution >= 0.6 is 11.8 Å². The van der Waals surface area contributed by atoms with E-state index in [1.165, 1.54) is 32.1 Å². The first-order valence-electron chi connectivity index (χ1n) is 5.81. The van der Waals surface area contributed by atoms with Crippen LogP contribution in [0.25, 0.3) is 0 Å². The predicted octanol–water partition coefficient (Wildman–Crippen LogP) is 2.74. The predicted molar refractivity (Wildman–Crippen MR) is 67.2 cm³/mol. The van der Waals surface area contributed by atoms with Crippen molar-refractivity contribution >= 4 is 17.7 Å². The minimum absolute atomic E-state index is 0.205. The van der Waals surface area contributed by atoms with Gasteiger partial charge in [-0.15, -0.1) is 11.8 Å². The van der Waals surface area contributed by atoms with Gasteiger partial charge in [-0.1, -0.05) is 31.4 Å². The first kappa shape index (κ1) is 12.6. The molecular weight excluding hydrogens is 206 g/mol. The zero-order valence-electron chi connectivity index (χ0n) is 9.50. The van der Waals surface area contributed by atoms with Crippen LogP contribution in [-0.4, -0.2) is 23.5 Å². The van der Waals surface area contributed by atoms with Crippen molar-refractivity contribution in [1.82, 2.24) is 5.32 Å². The second-order valence-corrected chi connectivity index (χ2v) is 5.02. The van der Waals surface area contributed by atoms with Gasteiger partial charge < -0.3 is 5.32 Å². The van der Waals surface area contributed by atoms with Gasteiger partial charge in [-0.2, -0.15) is 0 Å². The van der Waals surface area contributed by atoms with Crippen LogP contribution in [0.2, 0.25) is 0 Å². The molecule has 1 saturated carbocycles. The van der Waals surface area contributed by atoms with E-state index in [-0.39, 0.29) is 5.91 Å². The summed E-state index contributed by atoms with van der Waals surface area (Å²) in [6.07, 6.45) is 10.3. The van der Waals surface area contributed by atoms with Crippen LogP contribution in [0.5, 0.6) is 0 Å². The second kappa shape index (κ2) is 7.80. The summed E-state index contributed by atoms with van der Waals surface area (Å²) in [6.45, 7) is 2.00. The number of carbonyl (C=O) groups excluding carboxylic acids is 1. The molecule has 0 unspecified atom stereocenters. The molecule has 0 heterocycles. The molecule has 0 atom stereocenters. The lowest BCUT2D eigenvalue weighted by Crippen LogP contribution is -2.37. The van der Waals surface area contributed by atoms with Crippen LogP contribution < -0.4 is 5.32 Å². The van der Waals surface area contributed by atoms with Crippen LogP contribution in [0.4, 0.5) is 0 Å². The molecule has 1 N–H and O–H groups in total. The number of allylic oxidation sites excluding steroid dienone is 1. The van der Waals surface area contributed by atoms with Gasteiger partial charge in [0, 0.05) is 11.8 Å². The SMILES string of the molecule is CC=CCSCC(=O)NC1CCCCC1. The van der Waals surface area contributed by atoms with Gasteiger partial charge in [0.05, 0.1) is 5.75 Å². The zero-order valence-corrected chi connectivity index (χ0v) is 10.3. The first-order valence-corrected chi connectivity index (χ1v) is 6.96. The van der Waals surface area contributed by atoms with E-state index in [0.29, 0.717) is 11.8 Å². The van der Waals surface area contributed by atoms with E-state index in [9.17, 15) is 4.79 Å². The Kier molecular flexibility index (Phi) is 6.57. The smallest absolute Gasteiger partial charge is 0.230 e. The molecule has 86 valence electrons. The van der Waals surface area contributed by atoms with E-state index in [1.54, 1.807) is 11.8 Å². The Labute approximate surface area is 96.9 Å². The van der Waals surface area contributed by atoms with Gasteiger partial charge in [-0.25, -0.2) is 0 Å². The molecular formula is C12H21NOS. The topological polar surface area (TPSA) is 29.1 Å². The fourth-order valence-electron chi connectivity index (χ4n) is 1.83. The molecule has 1 rings (SSSR count). The molecule has 3 heteroatoms. The Hall–Kier alpha value is -0.440. The lowest BCUT2D eigenvalue weighted by atomic mass is 9.95. The molecule has 0 aliphatic heterocycles. The quantitative estimate of drug-likeness (QED) is 0.578. The Morgan fingerprint density at radius 2 is 2.13 bits per heavy atom. The highest BCUT2D eigenvalue weighted by Crippen LogP contribution is 2.17. The van der Waals surface area contributed by atoms with Crippen LogP contribution in [0, 0.1) is 0 Å². The summed E-state index contributed by atoms with van der Waals surface area (Å²) >= 11 is 1.68. The van der Waals surface area contributed by atoms with E-state index in [1.807, 2.05) is 13.0 Å². The number of thioether (sulfide) groups is 1. The summed E-state index contributed by atoms with van der Waals surface area (Å²) < 4.78 is 0. The van der Waals surface area contributed by atoms with Crippen molar-refractivity contribution in [2.45, 2.75) is 45.1 Å². The van der Waals surface area contributed by atoms with Gasteiger partial charge >= 0.3 is 0 Å². The van der Waals surface area contributed by atoms with Crippen molar-refractivity contribution in [3.63, 3.8) is 0 Å². The Bertz CT molecular complexity index is 210. The van der Waals surface area contributed by atoms with Crippen molar-refractivity contribution in [2.75, 3.05) is 11.5 Å². The molecule has 15 heavy (non-hydrogen) atoms. The van der Waals surface area contributed by atoms with Crippen LogP contribution in [0.15, 0.2) is 12.2 Å². The third-order valence-electron chi connectivity index (χ3n) is 2.65. The van der Waals surface area contributed by atoms with Crippen molar-refractivity contribution in [1.29, 1.82) is 0 Å². The highest BCUT2D eigenvalue weighted by atomic mass is 32.2. The molecule has 1 amide bonds. The molecule has 0 aromatic rings. The van der Waals surface area contributed by atoms with E-state index in [4.69, 9.17) is 0 Å². The lowest BCUT2D eigenvalue weighted by Gasteiger charge is -2.22. The minimum Gasteiger partial charge on any atom is -0.353 e. The normalized spacial score (nSPS) is 18.2. The highest BCUT2D eigenvalue weighted by molar-refractivity contribution is 8.00. The maximum absolute atomic E-state index is 11.5. The fourth-order valence-corrected chi connectivity index (χ4v) is 2.55. The molecule has 2 nitrogen and oxygen atoms in total. The minimum atomic E-state index is 0.205. The second-order valence-electron chi connectivity index (χ2n) is 3.99. The number of carbonyl (C=O) groups is 1.